The third kappa shape index (κ3) is 3.67. The minimum Gasteiger partial charge on any atom is -0.465 e. The number of esters is 1. The molecule has 0 spiro atoms. The average Bonchev–Trinajstić information content (AvgIpc) is 2.18. The summed E-state index contributed by atoms with van der Waals surface area (Å²) in [7, 11) is 0. The van der Waals surface area contributed by atoms with Gasteiger partial charge in [0, 0.05) is 0 Å². The number of carbonyl (C=O) groups is 1. The van der Waals surface area contributed by atoms with E-state index in [1.165, 1.54) is 12.1 Å². The Bertz CT molecular complexity index is 341. The molecule has 0 amide bonds. The first-order valence-electron chi connectivity index (χ1n) is 4.80. The number of ether oxygens (including phenoxy) is 1. The SMILES string of the molecule is CCOC(=O)C(N)Cc1cccc(F)c1. The molecule has 0 aliphatic rings. The summed E-state index contributed by atoms with van der Waals surface area (Å²) < 4.78 is 17.6. The molecule has 0 aliphatic carbocycles. The van der Waals surface area contributed by atoms with Crippen molar-refractivity contribution in [2.45, 2.75) is 19.4 Å². The van der Waals surface area contributed by atoms with Crippen molar-refractivity contribution in [3.8, 4) is 0 Å². The summed E-state index contributed by atoms with van der Waals surface area (Å²) in [4.78, 5) is 11.2. The Morgan fingerprint density at radius 1 is 1.60 bits per heavy atom. The lowest BCUT2D eigenvalue weighted by molar-refractivity contribution is -0.144. The molecule has 1 unspecified atom stereocenters. The van der Waals surface area contributed by atoms with Crippen LogP contribution in [0.4, 0.5) is 4.39 Å². The molecule has 1 aromatic carbocycles. The maximum Gasteiger partial charge on any atom is 0.323 e. The van der Waals surface area contributed by atoms with E-state index in [1.807, 2.05) is 0 Å². The Hall–Kier alpha value is -1.42. The molecule has 0 heterocycles. The van der Waals surface area contributed by atoms with Gasteiger partial charge in [0.15, 0.2) is 0 Å². The fourth-order valence-electron chi connectivity index (χ4n) is 1.25. The largest absolute Gasteiger partial charge is 0.465 e. The quantitative estimate of drug-likeness (QED) is 0.763. The third-order valence-electron chi connectivity index (χ3n) is 1.93. The molecule has 15 heavy (non-hydrogen) atoms. The van der Waals surface area contributed by atoms with Crippen molar-refractivity contribution in [2.24, 2.45) is 5.73 Å². The zero-order valence-corrected chi connectivity index (χ0v) is 8.57. The van der Waals surface area contributed by atoms with E-state index in [4.69, 9.17) is 10.5 Å². The highest BCUT2D eigenvalue weighted by Gasteiger charge is 2.14. The van der Waals surface area contributed by atoms with Crippen LogP contribution in [0.1, 0.15) is 12.5 Å². The predicted molar refractivity (Wildman–Crippen MR) is 54.7 cm³/mol. The molecule has 1 aromatic rings. The standard InChI is InChI=1S/C11H14FNO2/c1-2-15-11(14)10(13)7-8-4-3-5-9(12)6-8/h3-6,10H,2,7,13H2,1H3. The number of hydrogen-bond acceptors (Lipinski definition) is 3. The normalized spacial score (nSPS) is 12.2. The van der Waals surface area contributed by atoms with Gasteiger partial charge in [-0.15, -0.1) is 0 Å². The number of rotatable bonds is 4. The first-order valence-corrected chi connectivity index (χ1v) is 4.80. The van der Waals surface area contributed by atoms with E-state index in [1.54, 1.807) is 19.1 Å². The minimum atomic E-state index is -0.730. The molecule has 0 aromatic heterocycles. The molecule has 0 aliphatic heterocycles. The molecule has 0 radical (unpaired) electrons. The minimum absolute atomic E-state index is 0.288. The summed E-state index contributed by atoms with van der Waals surface area (Å²) in [5, 5.41) is 0. The monoisotopic (exact) mass is 211 g/mol. The Morgan fingerprint density at radius 2 is 2.33 bits per heavy atom. The fraction of sp³-hybridized carbons (Fsp3) is 0.364. The van der Waals surface area contributed by atoms with Crippen LogP contribution < -0.4 is 5.73 Å². The zero-order chi connectivity index (χ0) is 11.3. The Labute approximate surface area is 88.0 Å². The summed E-state index contributed by atoms with van der Waals surface area (Å²) in [5.74, 6) is -0.787. The van der Waals surface area contributed by atoms with Gasteiger partial charge < -0.3 is 10.5 Å². The molecule has 1 rings (SSSR count). The van der Waals surface area contributed by atoms with Crippen LogP contribution in [0.25, 0.3) is 0 Å². The molecule has 0 fully saturated rings. The first kappa shape index (κ1) is 11.7. The number of hydrogen-bond donors (Lipinski definition) is 1. The van der Waals surface area contributed by atoms with Crippen molar-refractivity contribution in [3.63, 3.8) is 0 Å². The lowest BCUT2D eigenvalue weighted by Crippen LogP contribution is -2.34. The molecule has 82 valence electrons. The lowest BCUT2D eigenvalue weighted by Gasteiger charge is -2.10. The van der Waals surface area contributed by atoms with Gasteiger partial charge in [-0.2, -0.15) is 0 Å². The van der Waals surface area contributed by atoms with Crippen LogP contribution in [0.3, 0.4) is 0 Å². The van der Waals surface area contributed by atoms with Gasteiger partial charge >= 0.3 is 5.97 Å². The predicted octanol–water partition coefficient (Wildman–Crippen LogP) is 1.26. The Morgan fingerprint density at radius 3 is 2.93 bits per heavy atom. The number of carbonyl (C=O) groups excluding carboxylic acids is 1. The van der Waals surface area contributed by atoms with Gasteiger partial charge in [0.05, 0.1) is 6.61 Å². The van der Waals surface area contributed by atoms with Crippen molar-refractivity contribution in [1.29, 1.82) is 0 Å². The van der Waals surface area contributed by atoms with Crippen LogP contribution in [-0.2, 0) is 16.0 Å². The first-order chi connectivity index (χ1) is 7.13. The third-order valence-corrected chi connectivity index (χ3v) is 1.93. The molecular weight excluding hydrogens is 197 g/mol. The summed E-state index contributed by atoms with van der Waals surface area (Å²) in [6, 6.07) is 5.29. The highest BCUT2D eigenvalue weighted by Crippen LogP contribution is 2.06. The summed E-state index contributed by atoms with van der Waals surface area (Å²) >= 11 is 0. The van der Waals surface area contributed by atoms with Gasteiger partial charge in [-0.25, -0.2) is 4.39 Å². The van der Waals surface area contributed by atoms with Crippen LogP contribution in [-0.4, -0.2) is 18.6 Å². The van der Waals surface area contributed by atoms with E-state index in [-0.39, 0.29) is 12.2 Å². The van der Waals surface area contributed by atoms with Crippen LogP contribution in [0.2, 0.25) is 0 Å². The molecule has 0 saturated carbocycles. The van der Waals surface area contributed by atoms with E-state index in [2.05, 4.69) is 0 Å². The molecular formula is C11H14FNO2. The summed E-state index contributed by atoms with van der Waals surface area (Å²) in [6.07, 6.45) is 0.288. The van der Waals surface area contributed by atoms with Crippen molar-refractivity contribution in [1.82, 2.24) is 0 Å². The summed E-state index contributed by atoms with van der Waals surface area (Å²) in [5.41, 5.74) is 6.28. The van der Waals surface area contributed by atoms with Gasteiger partial charge in [-0.3, -0.25) is 4.79 Å². The van der Waals surface area contributed by atoms with Gasteiger partial charge in [0.2, 0.25) is 0 Å². The maximum atomic E-state index is 12.8. The lowest BCUT2D eigenvalue weighted by atomic mass is 10.1. The molecule has 1 atom stereocenters. The second kappa shape index (κ2) is 5.46. The second-order valence-electron chi connectivity index (χ2n) is 3.19. The molecule has 0 bridgehead atoms. The van der Waals surface area contributed by atoms with Gasteiger partial charge in [0.25, 0.3) is 0 Å². The number of halogens is 1. The van der Waals surface area contributed by atoms with Crippen molar-refractivity contribution < 1.29 is 13.9 Å². The van der Waals surface area contributed by atoms with Crippen LogP contribution in [0.5, 0.6) is 0 Å². The summed E-state index contributed by atoms with van der Waals surface area (Å²) in [6.45, 7) is 2.02. The average molecular weight is 211 g/mol. The van der Waals surface area contributed by atoms with Gasteiger partial charge in [-0.05, 0) is 31.0 Å². The van der Waals surface area contributed by atoms with E-state index in [0.29, 0.717) is 12.2 Å². The topological polar surface area (TPSA) is 52.3 Å². The van der Waals surface area contributed by atoms with Crippen LogP contribution in [0, 0.1) is 5.82 Å². The van der Waals surface area contributed by atoms with Crippen LogP contribution >= 0.6 is 0 Å². The molecule has 3 nitrogen and oxygen atoms in total. The van der Waals surface area contributed by atoms with Crippen LogP contribution in [0.15, 0.2) is 24.3 Å². The maximum absolute atomic E-state index is 12.8. The Kier molecular flexibility index (Phi) is 4.24. The van der Waals surface area contributed by atoms with E-state index >= 15 is 0 Å². The van der Waals surface area contributed by atoms with Crippen molar-refractivity contribution in [2.75, 3.05) is 6.61 Å². The highest BCUT2D eigenvalue weighted by molar-refractivity contribution is 5.75. The van der Waals surface area contributed by atoms with E-state index in [0.717, 1.165) is 0 Å². The van der Waals surface area contributed by atoms with Gasteiger partial charge in [-0.1, -0.05) is 12.1 Å². The van der Waals surface area contributed by atoms with E-state index in [9.17, 15) is 9.18 Å². The Balaban J connectivity index is 2.58. The van der Waals surface area contributed by atoms with Crippen molar-refractivity contribution in [3.05, 3.63) is 35.6 Å². The fourth-order valence-corrected chi connectivity index (χ4v) is 1.25. The van der Waals surface area contributed by atoms with Gasteiger partial charge in [0.1, 0.15) is 11.9 Å². The second-order valence-corrected chi connectivity index (χ2v) is 3.19. The zero-order valence-electron chi connectivity index (χ0n) is 8.57. The molecule has 4 heteroatoms. The smallest absolute Gasteiger partial charge is 0.323 e. The van der Waals surface area contributed by atoms with E-state index < -0.39 is 12.0 Å². The van der Waals surface area contributed by atoms with Crippen molar-refractivity contribution >= 4 is 5.97 Å². The number of nitrogens with two attached hydrogens (primary N) is 1. The number of benzene rings is 1. The highest BCUT2D eigenvalue weighted by atomic mass is 19.1. The molecule has 0 saturated heterocycles. The molecule has 2 N–H and O–H groups in total.